The van der Waals surface area contributed by atoms with Crippen molar-refractivity contribution in [2.75, 3.05) is 6.54 Å². The lowest BCUT2D eigenvalue weighted by Gasteiger charge is -2.36. The molecule has 0 saturated carbocycles. The van der Waals surface area contributed by atoms with E-state index in [9.17, 15) is 9.59 Å². The van der Waals surface area contributed by atoms with Gasteiger partial charge in [0.2, 0.25) is 5.91 Å². The van der Waals surface area contributed by atoms with Gasteiger partial charge in [-0.3, -0.25) is 14.2 Å². The molecule has 0 aliphatic carbocycles. The highest BCUT2D eigenvalue weighted by atomic mass is 32.2. The maximum Gasteiger partial charge on any atom is 0.262 e. The zero-order valence-corrected chi connectivity index (χ0v) is 16.0. The molecule has 0 spiro atoms. The van der Waals surface area contributed by atoms with E-state index in [1.165, 1.54) is 29.5 Å². The van der Waals surface area contributed by atoms with Gasteiger partial charge in [0.05, 0.1) is 10.6 Å². The molecule has 130 valence electrons. The van der Waals surface area contributed by atoms with Gasteiger partial charge in [-0.2, -0.15) is 0 Å². The third-order valence-corrected chi connectivity index (χ3v) is 6.61. The Kier molecular flexibility index (Phi) is 5.30. The number of piperidine rings is 1. The molecule has 2 unspecified atom stereocenters. The molecule has 1 fully saturated rings. The van der Waals surface area contributed by atoms with Gasteiger partial charge < -0.3 is 4.90 Å². The molecule has 24 heavy (non-hydrogen) atoms. The Balaban J connectivity index is 1.81. The standard InChI is InChI=1S/C17H23N3O2S2/c1-4-12-7-5-6-9-20(12)15(21)11(2)24-17-18-14-13(8-10-23-14)16(22)19(17)3/h8,10-12H,4-7,9H2,1-3H3. The number of thiophene rings is 1. The van der Waals surface area contributed by atoms with Crippen molar-refractivity contribution in [2.45, 2.75) is 56.0 Å². The molecule has 2 aromatic heterocycles. The lowest BCUT2D eigenvalue weighted by molar-refractivity contribution is -0.134. The lowest BCUT2D eigenvalue weighted by Crippen LogP contribution is -2.46. The first-order valence-corrected chi connectivity index (χ1v) is 10.2. The second-order valence-corrected chi connectivity index (χ2v) is 8.45. The van der Waals surface area contributed by atoms with Crippen molar-refractivity contribution in [2.24, 2.45) is 7.05 Å². The number of fused-ring (bicyclic) bond motifs is 1. The molecule has 5 nitrogen and oxygen atoms in total. The van der Waals surface area contributed by atoms with Gasteiger partial charge in [0.25, 0.3) is 5.56 Å². The van der Waals surface area contributed by atoms with E-state index in [2.05, 4.69) is 11.9 Å². The predicted molar refractivity (Wildman–Crippen MR) is 99.8 cm³/mol. The summed E-state index contributed by atoms with van der Waals surface area (Å²) < 4.78 is 1.55. The van der Waals surface area contributed by atoms with Crippen molar-refractivity contribution >= 4 is 39.2 Å². The van der Waals surface area contributed by atoms with Crippen LogP contribution < -0.4 is 5.56 Å². The van der Waals surface area contributed by atoms with Crippen LogP contribution in [0.4, 0.5) is 0 Å². The second kappa shape index (κ2) is 7.27. The van der Waals surface area contributed by atoms with Crippen LogP contribution in [-0.2, 0) is 11.8 Å². The van der Waals surface area contributed by atoms with E-state index in [-0.39, 0.29) is 16.7 Å². The monoisotopic (exact) mass is 365 g/mol. The minimum absolute atomic E-state index is 0.0483. The van der Waals surface area contributed by atoms with Crippen molar-refractivity contribution in [3.63, 3.8) is 0 Å². The quantitative estimate of drug-likeness (QED) is 0.616. The predicted octanol–water partition coefficient (Wildman–Crippen LogP) is 3.27. The molecule has 1 aliphatic heterocycles. The first-order chi connectivity index (χ1) is 11.5. The van der Waals surface area contributed by atoms with Gasteiger partial charge in [-0.05, 0) is 44.1 Å². The Hall–Kier alpha value is -1.34. The van der Waals surface area contributed by atoms with E-state index in [0.29, 0.717) is 16.6 Å². The third-order valence-electron chi connectivity index (χ3n) is 4.68. The first-order valence-electron chi connectivity index (χ1n) is 8.44. The smallest absolute Gasteiger partial charge is 0.262 e. The molecule has 0 bridgehead atoms. The van der Waals surface area contributed by atoms with Gasteiger partial charge in [-0.1, -0.05) is 18.7 Å². The van der Waals surface area contributed by atoms with Crippen LogP contribution in [0, 0.1) is 0 Å². The van der Waals surface area contributed by atoms with Crippen LogP contribution in [0.1, 0.15) is 39.5 Å². The van der Waals surface area contributed by atoms with Crippen molar-refractivity contribution in [1.82, 2.24) is 14.5 Å². The Morgan fingerprint density at radius 3 is 3.04 bits per heavy atom. The summed E-state index contributed by atoms with van der Waals surface area (Å²) in [5.41, 5.74) is -0.0483. The van der Waals surface area contributed by atoms with E-state index >= 15 is 0 Å². The van der Waals surface area contributed by atoms with Gasteiger partial charge in [-0.15, -0.1) is 11.3 Å². The number of rotatable bonds is 4. The van der Waals surface area contributed by atoms with E-state index < -0.39 is 0 Å². The minimum Gasteiger partial charge on any atom is -0.339 e. The topological polar surface area (TPSA) is 55.2 Å². The lowest BCUT2D eigenvalue weighted by atomic mass is 10.00. The molecule has 0 aromatic carbocycles. The fourth-order valence-corrected chi connectivity index (χ4v) is 4.99. The number of carbonyl (C=O) groups excluding carboxylic acids is 1. The number of hydrogen-bond donors (Lipinski definition) is 0. The van der Waals surface area contributed by atoms with Crippen molar-refractivity contribution in [3.05, 3.63) is 21.8 Å². The molecule has 1 amide bonds. The van der Waals surface area contributed by atoms with Gasteiger partial charge in [0, 0.05) is 19.6 Å². The summed E-state index contributed by atoms with van der Waals surface area (Å²) in [5, 5.41) is 2.89. The van der Waals surface area contributed by atoms with Crippen molar-refractivity contribution < 1.29 is 4.79 Å². The normalized spacial score (nSPS) is 19.6. The zero-order valence-electron chi connectivity index (χ0n) is 14.3. The summed E-state index contributed by atoms with van der Waals surface area (Å²) in [4.78, 5) is 32.6. The number of amides is 1. The molecular formula is C17H23N3O2S2. The van der Waals surface area contributed by atoms with Crippen molar-refractivity contribution in [1.29, 1.82) is 0 Å². The summed E-state index contributed by atoms with van der Waals surface area (Å²) in [6, 6.07) is 2.16. The van der Waals surface area contributed by atoms with E-state index in [1.54, 1.807) is 17.7 Å². The van der Waals surface area contributed by atoms with Gasteiger partial charge in [0.15, 0.2) is 5.16 Å². The number of nitrogens with zero attached hydrogens (tertiary/aromatic N) is 3. The molecular weight excluding hydrogens is 342 g/mol. The summed E-state index contributed by atoms with van der Waals surface area (Å²) >= 11 is 2.84. The van der Waals surface area contributed by atoms with Crippen LogP contribution in [0.2, 0.25) is 0 Å². The number of aromatic nitrogens is 2. The highest BCUT2D eigenvalue weighted by molar-refractivity contribution is 8.00. The van der Waals surface area contributed by atoms with Crippen LogP contribution in [0.15, 0.2) is 21.4 Å². The van der Waals surface area contributed by atoms with Gasteiger partial charge >= 0.3 is 0 Å². The summed E-state index contributed by atoms with van der Waals surface area (Å²) in [5.74, 6) is 0.159. The summed E-state index contributed by atoms with van der Waals surface area (Å²) in [6.07, 6.45) is 4.38. The fraction of sp³-hybridized carbons (Fsp3) is 0.588. The maximum absolute atomic E-state index is 12.9. The van der Waals surface area contributed by atoms with Crippen LogP contribution in [0.5, 0.6) is 0 Å². The SMILES string of the molecule is CCC1CCCCN1C(=O)C(C)Sc1nc2sccc2c(=O)n1C. The number of carbonyl (C=O) groups is 1. The van der Waals surface area contributed by atoms with E-state index in [4.69, 9.17) is 0 Å². The number of likely N-dealkylation sites (tertiary alicyclic amines) is 1. The maximum atomic E-state index is 12.9. The molecule has 3 rings (SSSR count). The summed E-state index contributed by atoms with van der Waals surface area (Å²) in [7, 11) is 1.72. The number of thioether (sulfide) groups is 1. The first kappa shape index (κ1) is 17.5. The van der Waals surface area contributed by atoms with Crippen LogP contribution in [-0.4, -0.2) is 38.2 Å². The Morgan fingerprint density at radius 1 is 1.50 bits per heavy atom. The molecule has 2 aromatic rings. The van der Waals surface area contributed by atoms with Gasteiger partial charge in [0.1, 0.15) is 4.83 Å². The van der Waals surface area contributed by atoms with Crippen LogP contribution in [0.3, 0.4) is 0 Å². The molecule has 7 heteroatoms. The highest BCUT2D eigenvalue weighted by Crippen LogP contribution is 2.27. The van der Waals surface area contributed by atoms with E-state index in [1.807, 2.05) is 17.2 Å². The molecule has 0 N–H and O–H groups in total. The van der Waals surface area contributed by atoms with E-state index in [0.717, 1.165) is 30.6 Å². The Labute approximate surface area is 150 Å². The average Bonchev–Trinajstić information content (AvgIpc) is 3.07. The Morgan fingerprint density at radius 2 is 2.29 bits per heavy atom. The minimum atomic E-state index is -0.243. The highest BCUT2D eigenvalue weighted by Gasteiger charge is 2.29. The fourth-order valence-electron chi connectivity index (χ4n) is 3.24. The second-order valence-electron chi connectivity index (χ2n) is 6.25. The zero-order chi connectivity index (χ0) is 17.3. The van der Waals surface area contributed by atoms with Crippen LogP contribution >= 0.6 is 23.1 Å². The summed E-state index contributed by atoms with van der Waals surface area (Å²) in [6.45, 7) is 4.90. The number of hydrogen-bond acceptors (Lipinski definition) is 5. The van der Waals surface area contributed by atoms with Gasteiger partial charge in [-0.25, -0.2) is 4.98 Å². The van der Waals surface area contributed by atoms with Crippen LogP contribution in [0.25, 0.3) is 10.2 Å². The average molecular weight is 366 g/mol. The molecule has 0 radical (unpaired) electrons. The molecule has 1 saturated heterocycles. The molecule has 3 heterocycles. The van der Waals surface area contributed by atoms with Crippen molar-refractivity contribution in [3.8, 4) is 0 Å². The largest absolute Gasteiger partial charge is 0.339 e. The molecule has 1 aliphatic rings. The molecule has 2 atom stereocenters. The third kappa shape index (κ3) is 3.24. The Bertz CT molecular complexity index is 799.